The van der Waals surface area contributed by atoms with E-state index in [0.717, 1.165) is 30.7 Å². The fraction of sp³-hybridized carbons (Fsp3) is 0.176. The molecule has 0 saturated carbocycles. The monoisotopic (exact) mass is 352 g/mol. The number of nitrogens with two attached hydrogens (primary N) is 1. The van der Waals surface area contributed by atoms with Gasteiger partial charge in [-0.3, -0.25) is 9.59 Å². The molecule has 3 N–H and O–H groups in total. The van der Waals surface area contributed by atoms with E-state index in [9.17, 15) is 22.8 Å². The molecule has 0 aliphatic heterocycles. The summed E-state index contributed by atoms with van der Waals surface area (Å²) in [7, 11) is 0. The number of nitrogens with one attached hydrogen (secondary N) is 1. The largest absolute Gasteiger partial charge is 0.425 e. The number of hydrogen-bond donors (Lipinski definition) is 2. The molecule has 8 heteroatoms. The second-order valence-corrected chi connectivity index (χ2v) is 5.13. The van der Waals surface area contributed by atoms with Crippen molar-refractivity contribution in [1.82, 2.24) is 0 Å². The van der Waals surface area contributed by atoms with Crippen molar-refractivity contribution in [2.45, 2.75) is 19.6 Å². The van der Waals surface area contributed by atoms with Crippen LogP contribution in [0, 0.1) is 0 Å². The van der Waals surface area contributed by atoms with E-state index in [1.165, 1.54) is 0 Å². The SMILES string of the molecule is CC(=O)Oc1c(C(=O)Nc2ccc(CN)cc2)cccc1C(F)(F)F. The number of halogens is 3. The number of carbonyl (C=O) groups excluding carboxylic acids is 2. The number of esters is 1. The first-order valence-electron chi connectivity index (χ1n) is 7.21. The fourth-order valence-corrected chi connectivity index (χ4v) is 2.12. The van der Waals surface area contributed by atoms with Gasteiger partial charge in [0.2, 0.25) is 0 Å². The molecule has 1 amide bonds. The van der Waals surface area contributed by atoms with Gasteiger partial charge in [-0.2, -0.15) is 13.2 Å². The molecule has 0 heterocycles. The molecule has 0 atom stereocenters. The Morgan fingerprint density at radius 3 is 2.28 bits per heavy atom. The van der Waals surface area contributed by atoms with Crippen LogP contribution >= 0.6 is 0 Å². The summed E-state index contributed by atoms with van der Waals surface area (Å²) in [6, 6.07) is 9.45. The Hall–Kier alpha value is -2.87. The third kappa shape index (κ3) is 4.57. The topological polar surface area (TPSA) is 81.4 Å². The van der Waals surface area contributed by atoms with E-state index in [4.69, 9.17) is 5.73 Å². The number of benzene rings is 2. The lowest BCUT2D eigenvalue weighted by Crippen LogP contribution is -2.18. The molecule has 2 aromatic rings. The van der Waals surface area contributed by atoms with E-state index in [0.29, 0.717) is 12.2 Å². The Morgan fingerprint density at radius 2 is 1.76 bits per heavy atom. The number of ether oxygens (including phenoxy) is 1. The third-order valence-electron chi connectivity index (χ3n) is 3.26. The maximum Gasteiger partial charge on any atom is 0.420 e. The van der Waals surface area contributed by atoms with Crippen molar-refractivity contribution in [3.63, 3.8) is 0 Å². The van der Waals surface area contributed by atoms with Gasteiger partial charge in [0.1, 0.15) is 0 Å². The zero-order valence-electron chi connectivity index (χ0n) is 13.2. The lowest BCUT2D eigenvalue weighted by molar-refractivity contribution is -0.141. The molecule has 0 aliphatic carbocycles. The minimum atomic E-state index is -4.77. The normalized spacial score (nSPS) is 11.1. The van der Waals surface area contributed by atoms with E-state index in [1.54, 1.807) is 24.3 Å². The van der Waals surface area contributed by atoms with Crippen molar-refractivity contribution < 1.29 is 27.5 Å². The molecule has 0 bridgehead atoms. The second kappa shape index (κ2) is 7.35. The Labute approximate surface area is 141 Å². The lowest BCUT2D eigenvalue weighted by atomic mass is 10.1. The van der Waals surface area contributed by atoms with Crippen molar-refractivity contribution >= 4 is 17.6 Å². The second-order valence-electron chi connectivity index (χ2n) is 5.13. The van der Waals surface area contributed by atoms with Gasteiger partial charge in [0.25, 0.3) is 5.91 Å². The maximum atomic E-state index is 13.1. The molecule has 0 aromatic heterocycles. The highest BCUT2D eigenvalue weighted by atomic mass is 19.4. The van der Waals surface area contributed by atoms with Crippen LogP contribution in [0.15, 0.2) is 42.5 Å². The van der Waals surface area contributed by atoms with E-state index < -0.39 is 34.9 Å². The first kappa shape index (κ1) is 18.5. The molecule has 0 spiro atoms. The van der Waals surface area contributed by atoms with Crippen molar-refractivity contribution in [1.29, 1.82) is 0 Å². The predicted octanol–water partition coefficient (Wildman–Crippen LogP) is 3.34. The quantitative estimate of drug-likeness (QED) is 0.653. The summed E-state index contributed by atoms with van der Waals surface area (Å²) in [6.45, 7) is 1.28. The molecule has 2 rings (SSSR count). The number of alkyl halides is 3. The number of rotatable bonds is 4. The first-order valence-corrected chi connectivity index (χ1v) is 7.21. The summed E-state index contributed by atoms with van der Waals surface area (Å²) < 4.78 is 44.0. The number of hydrogen-bond acceptors (Lipinski definition) is 4. The highest BCUT2D eigenvalue weighted by molar-refractivity contribution is 6.06. The van der Waals surface area contributed by atoms with Crippen LogP contribution in [-0.4, -0.2) is 11.9 Å². The van der Waals surface area contributed by atoms with Crippen LogP contribution in [0.3, 0.4) is 0 Å². The van der Waals surface area contributed by atoms with E-state index >= 15 is 0 Å². The summed E-state index contributed by atoms with van der Waals surface area (Å²) in [5.74, 6) is -2.61. The molecule has 5 nitrogen and oxygen atoms in total. The van der Waals surface area contributed by atoms with Crippen LogP contribution in [0.4, 0.5) is 18.9 Å². The average Bonchev–Trinajstić information content (AvgIpc) is 2.54. The Kier molecular flexibility index (Phi) is 5.43. The number of carbonyl (C=O) groups is 2. The van der Waals surface area contributed by atoms with Crippen LogP contribution < -0.4 is 15.8 Å². The van der Waals surface area contributed by atoms with Crippen molar-refractivity contribution in [3.8, 4) is 5.75 Å². The molecule has 132 valence electrons. The summed E-state index contributed by atoms with van der Waals surface area (Å²) in [5.41, 5.74) is 5.08. The van der Waals surface area contributed by atoms with Gasteiger partial charge in [0, 0.05) is 19.2 Å². The number of amides is 1. The number of anilines is 1. The van der Waals surface area contributed by atoms with E-state index in [-0.39, 0.29) is 0 Å². The fourth-order valence-electron chi connectivity index (χ4n) is 2.12. The number of para-hydroxylation sites is 1. The zero-order chi connectivity index (χ0) is 18.6. The highest BCUT2D eigenvalue weighted by Crippen LogP contribution is 2.38. The van der Waals surface area contributed by atoms with Crippen LogP contribution in [0.25, 0.3) is 0 Å². The smallest absolute Gasteiger partial charge is 0.420 e. The summed E-state index contributed by atoms with van der Waals surface area (Å²) in [4.78, 5) is 23.5. The van der Waals surface area contributed by atoms with Gasteiger partial charge >= 0.3 is 12.1 Å². The van der Waals surface area contributed by atoms with Crippen LogP contribution in [0.5, 0.6) is 5.75 Å². The van der Waals surface area contributed by atoms with E-state index in [1.807, 2.05) is 0 Å². The van der Waals surface area contributed by atoms with Gasteiger partial charge in [0.15, 0.2) is 5.75 Å². The standard InChI is InChI=1S/C17H15F3N2O3/c1-10(23)25-15-13(3-2-4-14(15)17(18,19)20)16(24)22-12-7-5-11(9-21)6-8-12/h2-8H,9,21H2,1H3,(H,22,24). The molecule has 0 fully saturated rings. The molecular weight excluding hydrogens is 337 g/mol. The van der Waals surface area contributed by atoms with Crippen molar-refractivity contribution in [2.24, 2.45) is 5.73 Å². The van der Waals surface area contributed by atoms with Crippen LogP contribution in [0.1, 0.15) is 28.4 Å². The average molecular weight is 352 g/mol. The Balaban J connectivity index is 2.38. The molecule has 0 unspecified atom stereocenters. The molecule has 0 radical (unpaired) electrons. The van der Waals surface area contributed by atoms with Gasteiger partial charge in [-0.1, -0.05) is 18.2 Å². The summed E-state index contributed by atoms with van der Waals surface area (Å²) in [6.07, 6.45) is -4.77. The van der Waals surface area contributed by atoms with Gasteiger partial charge in [-0.05, 0) is 29.8 Å². The first-order chi connectivity index (χ1) is 11.7. The zero-order valence-corrected chi connectivity index (χ0v) is 13.2. The highest BCUT2D eigenvalue weighted by Gasteiger charge is 2.36. The van der Waals surface area contributed by atoms with E-state index in [2.05, 4.69) is 10.1 Å². The van der Waals surface area contributed by atoms with Crippen molar-refractivity contribution in [2.75, 3.05) is 5.32 Å². The van der Waals surface area contributed by atoms with Crippen molar-refractivity contribution in [3.05, 3.63) is 59.2 Å². The molecule has 25 heavy (non-hydrogen) atoms. The van der Waals surface area contributed by atoms with Gasteiger partial charge in [-0.15, -0.1) is 0 Å². The Morgan fingerprint density at radius 1 is 1.12 bits per heavy atom. The van der Waals surface area contributed by atoms with Crippen LogP contribution in [0.2, 0.25) is 0 Å². The predicted molar refractivity (Wildman–Crippen MR) is 85.0 cm³/mol. The van der Waals surface area contributed by atoms with Gasteiger partial charge < -0.3 is 15.8 Å². The molecule has 0 aliphatic rings. The minimum absolute atomic E-state index is 0.318. The summed E-state index contributed by atoms with van der Waals surface area (Å²) >= 11 is 0. The minimum Gasteiger partial charge on any atom is -0.425 e. The molecule has 2 aromatic carbocycles. The van der Waals surface area contributed by atoms with Gasteiger partial charge in [-0.25, -0.2) is 0 Å². The molecular formula is C17H15F3N2O3. The van der Waals surface area contributed by atoms with Gasteiger partial charge in [0.05, 0.1) is 11.1 Å². The maximum absolute atomic E-state index is 13.1. The Bertz CT molecular complexity index is 787. The molecule has 0 saturated heterocycles. The lowest BCUT2D eigenvalue weighted by Gasteiger charge is -2.15. The third-order valence-corrected chi connectivity index (χ3v) is 3.26. The summed E-state index contributed by atoms with van der Waals surface area (Å²) in [5, 5.41) is 2.46. The van der Waals surface area contributed by atoms with Crippen LogP contribution in [-0.2, 0) is 17.5 Å².